The molecule has 0 aromatic heterocycles. The Morgan fingerprint density at radius 2 is 2.60 bits per heavy atom. The fourth-order valence-corrected chi connectivity index (χ4v) is 1.95. The first kappa shape index (κ1) is 7.67. The number of allylic oxidation sites excluding steroid dienone is 3. The van der Waals surface area contributed by atoms with E-state index in [1.165, 1.54) is 11.3 Å². The van der Waals surface area contributed by atoms with Gasteiger partial charge in [-0.3, -0.25) is 0 Å². The van der Waals surface area contributed by atoms with E-state index in [4.69, 9.17) is 0 Å². The predicted octanol–water partition coefficient (Wildman–Crippen LogP) is 3.14. The normalized spacial score (nSPS) is 24.1. The SMILES string of the molecule is C=CC(=C)C1=CCC(C)S1. The summed E-state index contributed by atoms with van der Waals surface area (Å²) in [7, 11) is 0. The van der Waals surface area contributed by atoms with E-state index in [2.05, 4.69) is 26.2 Å². The molecular weight excluding hydrogens is 140 g/mol. The Morgan fingerprint density at radius 3 is 3.00 bits per heavy atom. The minimum absolute atomic E-state index is 0.728. The van der Waals surface area contributed by atoms with Crippen molar-refractivity contribution in [3.63, 3.8) is 0 Å². The van der Waals surface area contributed by atoms with Crippen molar-refractivity contribution in [3.05, 3.63) is 35.8 Å². The van der Waals surface area contributed by atoms with Crippen molar-refractivity contribution in [1.29, 1.82) is 0 Å². The third-order valence-electron chi connectivity index (χ3n) is 1.53. The average Bonchev–Trinajstić information content (AvgIpc) is 2.34. The van der Waals surface area contributed by atoms with Gasteiger partial charge in [0.15, 0.2) is 0 Å². The number of hydrogen-bond donors (Lipinski definition) is 0. The number of hydrogen-bond acceptors (Lipinski definition) is 1. The second-order valence-electron chi connectivity index (χ2n) is 2.46. The quantitative estimate of drug-likeness (QED) is 0.548. The number of thioether (sulfide) groups is 1. The summed E-state index contributed by atoms with van der Waals surface area (Å²) in [6, 6.07) is 0. The molecule has 1 rings (SSSR count). The maximum absolute atomic E-state index is 3.88. The van der Waals surface area contributed by atoms with Gasteiger partial charge < -0.3 is 0 Å². The first-order valence-corrected chi connectivity index (χ1v) is 4.30. The van der Waals surface area contributed by atoms with E-state index < -0.39 is 0 Å². The third kappa shape index (κ3) is 1.54. The monoisotopic (exact) mass is 152 g/mol. The van der Waals surface area contributed by atoms with Gasteiger partial charge in [0, 0.05) is 10.2 Å². The highest BCUT2D eigenvalue weighted by Gasteiger charge is 2.13. The molecule has 0 saturated carbocycles. The van der Waals surface area contributed by atoms with Crippen LogP contribution < -0.4 is 0 Å². The topological polar surface area (TPSA) is 0 Å². The molecule has 0 aromatic carbocycles. The van der Waals surface area contributed by atoms with Gasteiger partial charge in [-0.15, -0.1) is 11.8 Å². The van der Waals surface area contributed by atoms with Crippen LogP contribution in [-0.2, 0) is 0 Å². The van der Waals surface area contributed by atoms with Gasteiger partial charge in [-0.25, -0.2) is 0 Å². The van der Waals surface area contributed by atoms with Crippen LogP contribution in [0.2, 0.25) is 0 Å². The summed E-state index contributed by atoms with van der Waals surface area (Å²) in [6.45, 7) is 9.79. The van der Waals surface area contributed by atoms with Crippen molar-refractivity contribution in [2.24, 2.45) is 0 Å². The third-order valence-corrected chi connectivity index (χ3v) is 2.80. The molecule has 0 bridgehead atoms. The fraction of sp³-hybridized carbons (Fsp3) is 0.333. The average molecular weight is 152 g/mol. The van der Waals surface area contributed by atoms with Crippen LogP contribution in [0.5, 0.6) is 0 Å². The van der Waals surface area contributed by atoms with Crippen LogP contribution in [-0.4, -0.2) is 5.25 Å². The van der Waals surface area contributed by atoms with Crippen LogP contribution in [0.15, 0.2) is 35.8 Å². The van der Waals surface area contributed by atoms with Gasteiger partial charge in [0.25, 0.3) is 0 Å². The van der Waals surface area contributed by atoms with Gasteiger partial charge in [-0.1, -0.05) is 32.2 Å². The standard InChI is InChI=1S/C9H12S/c1-4-7(2)9-6-5-8(3)10-9/h4,6,8H,1-2,5H2,3H3. The van der Waals surface area contributed by atoms with Crippen LogP contribution in [0.25, 0.3) is 0 Å². The molecule has 1 atom stereocenters. The molecule has 0 aromatic rings. The molecule has 0 amide bonds. The summed E-state index contributed by atoms with van der Waals surface area (Å²) in [5, 5.41) is 0.728. The van der Waals surface area contributed by atoms with Crippen molar-refractivity contribution in [3.8, 4) is 0 Å². The van der Waals surface area contributed by atoms with Crippen LogP contribution in [0.4, 0.5) is 0 Å². The van der Waals surface area contributed by atoms with Crippen LogP contribution >= 0.6 is 11.8 Å². The minimum Gasteiger partial charge on any atom is -0.122 e. The van der Waals surface area contributed by atoms with Gasteiger partial charge >= 0.3 is 0 Å². The Kier molecular flexibility index (Phi) is 2.39. The molecule has 0 spiro atoms. The minimum atomic E-state index is 0.728. The summed E-state index contributed by atoms with van der Waals surface area (Å²) in [5.41, 5.74) is 1.06. The highest BCUT2D eigenvalue weighted by atomic mass is 32.2. The van der Waals surface area contributed by atoms with E-state index in [0.29, 0.717) is 0 Å². The smallest absolute Gasteiger partial charge is 0.0102 e. The molecule has 1 aliphatic rings. The van der Waals surface area contributed by atoms with Crippen molar-refractivity contribution in [2.45, 2.75) is 18.6 Å². The zero-order chi connectivity index (χ0) is 7.56. The maximum Gasteiger partial charge on any atom is 0.0102 e. The second kappa shape index (κ2) is 3.11. The molecule has 1 heteroatoms. The molecular formula is C9H12S. The van der Waals surface area contributed by atoms with E-state index in [9.17, 15) is 0 Å². The van der Waals surface area contributed by atoms with Gasteiger partial charge in [-0.05, 0) is 12.0 Å². The summed E-state index contributed by atoms with van der Waals surface area (Å²) < 4.78 is 0. The van der Waals surface area contributed by atoms with Gasteiger partial charge in [0.2, 0.25) is 0 Å². The molecule has 0 N–H and O–H groups in total. The molecule has 0 fully saturated rings. The van der Waals surface area contributed by atoms with E-state index >= 15 is 0 Å². The molecule has 0 aliphatic carbocycles. The molecule has 1 unspecified atom stereocenters. The summed E-state index contributed by atoms with van der Waals surface area (Å²) in [4.78, 5) is 1.31. The predicted molar refractivity (Wildman–Crippen MR) is 49.1 cm³/mol. The highest BCUT2D eigenvalue weighted by molar-refractivity contribution is 8.04. The number of rotatable bonds is 2. The first-order valence-electron chi connectivity index (χ1n) is 3.42. The Balaban J connectivity index is 2.59. The Morgan fingerprint density at radius 1 is 1.90 bits per heavy atom. The van der Waals surface area contributed by atoms with Crippen molar-refractivity contribution >= 4 is 11.8 Å². The van der Waals surface area contributed by atoms with Gasteiger partial charge in [0.1, 0.15) is 0 Å². The van der Waals surface area contributed by atoms with Gasteiger partial charge in [-0.2, -0.15) is 0 Å². The van der Waals surface area contributed by atoms with Gasteiger partial charge in [0.05, 0.1) is 0 Å². The van der Waals surface area contributed by atoms with Crippen molar-refractivity contribution < 1.29 is 0 Å². The lowest BCUT2D eigenvalue weighted by atomic mass is 10.2. The Bertz CT molecular complexity index is 189. The van der Waals surface area contributed by atoms with Crippen LogP contribution in [0.1, 0.15) is 13.3 Å². The van der Waals surface area contributed by atoms with Crippen molar-refractivity contribution in [2.75, 3.05) is 0 Å². The molecule has 10 heavy (non-hydrogen) atoms. The van der Waals surface area contributed by atoms with E-state index in [1.54, 1.807) is 0 Å². The highest BCUT2D eigenvalue weighted by Crippen LogP contribution is 2.35. The zero-order valence-electron chi connectivity index (χ0n) is 6.26. The summed E-state index contributed by atoms with van der Waals surface area (Å²) in [5.74, 6) is 0. The first-order chi connectivity index (χ1) is 4.74. The largest absolute Gasteiger partial charge is 0.122 e. The van der Waals surface area contributed by atoms with Crippen molar-refractivity contribution in [1.82, 2.24) is 0 Å². The van der Waals surface area contributed by atoms with Crippen LogP contribution in [0.3, 0.4) is 0 Å². The lowest BCUT2D eigenvalue weighted by Gasteiger charge is -2.01. The summed E-state index contributed by atoms with van der Waals surface area (Å²) >= 11 is 1.89. The zero-order valence-corrected chi connectivity index (χ0v) is 7.08. The molecule has 1 heterocycles. The molecule has 1 aliphatic heterocycles. The van der Waals surface area contributed by atoms with E-state index in [1.807, 2.05) is 17.8 Å². The lowest BCUT2D eigenvalue weighted by molar-refractivity contribution is 1.00. The molecule has 0 nitrogen and oxygen atoms in total. The molecule has 54 valence electrons. The fourth-order valence-electron chi connectivity index (χ4n) is 0.893. The Labute approximate surface area is 66.7 Å². The lowest BCUT2D eigenvalue weighted by Crippen LogP contribution is -1.84. The second-order valence-corrected chi connectivity index (χ2v) is 3.94. The summed E-state index contributed by atoms with van der Waals surface area (Å²) in [6.07, 6.45) is 5.23. The molecule has 0 radical (unpaired) electrons. The maximum atomic E-state index is 3.88. The van der Waals surface area contributed by atoms with E-state index in [-0.39, 0.29) is 0 Å². The Hall–Kier alpha value is -0.430. The van der Waals surface area contributed by atoms with Crippen LogP contribution in [0, 0.1) is 0 Å². The van der Waals surface area contributed by atoms with E-state index in [0.717, 1.165) is 10.8 Å². The molecule has 0 saturated heterocycles.